The van der Waals surface area contributed by atoms with Crippen LogP contribution in [-0.4, -0.2) is 17.3 Å². The second-order valence-corrected chi connectivity index (χ2v) is 6.00. The highest BCUT2D eigenvalue weighted by molar-refractivity contribution is 6.10. The number of ketones is 3. The summed E-state index contributed by atoms with van der Waals surface area (Å²) >= 11 is 0. The molecule has 0 N–H and O–H groups in total. The van der Waals surface area contributed by atoms with Crippen LogP contribution in [0.1, 0.15) is 43.5 Å². The number of Topliss-reactive ketones (excluding diaryl/α,β-unsaturated/α-hetero) is 3. The van der Waals surface area contributed by atoms with Crippen molar-refractivity contribution in [2.24, 2.45) is 11.3 Å². The van der Waals surface area contributed by atoms with Gasteiger partial charge in [-0.05, 0) is 5.41 Å². The molecule has 1 aliphatic carbocycles. The Labute approximate surface area is 113 Å². The fraction of sp³-hybridized carbons (Fsp3) is 0.438. The van der Waals surface area contributed by atoms with E-state index >= 15 is 0 Å². The highest BCUT2D eigenvalue weighted by Gasteiger charge is 2.40. The van der Waals surface area contributed by atoms with E-state index in [0.29, 0.717) is 18.4 Å². The molecule has 19 heavy (non-hydrogen) atoms. The number of hydrogen-bond donors (Lipinski definition) is 0. The van der Waals surface area contributed by atoms with Gasteiger partial charge in [-0.15, -0.1) is 0 Å². The molecule has 0 bridgehead atoms. The van der Waals surface area contributed by atoms with Crippen LogP contribution < -0.4 is 0 Å². The first kappa shape index (κ1) is 13.7. The lowest BCUT2D eigenvalue weighted by molar-refractivity contribution is -0.139. The molecule has 0 aromatic heterocycles. The van der Waals surface area contributed by atoms with E-state index in [9.17, 15) is 14.4 Å². The normalized spacial score (nSPS) is 19.5. The first-order chi connectivity index (χ1) is 8.89. The highest BCUT2D eigenvalue weighted by Crippen LogP contribution is 2.35. The molecule has 1 aromatic carbocycles. The third kappa shape index (κ3) is 3.16. The van der Waals surface area contributed by atoms with Gasteiger partial charge in [0, 0.05) is 24.8 Å². The van der Waals surface area contributed by atoms with E-state index in [1.54, 1.807) is 24.3 Å². The van der Waals surface area contributed by atoms with E-state index in [1.807, 2.05) is 19.9 Å². The largest absolute Gasteiger partial charge is 0.299 e. The van der Waals surface area contributed by atoms with Crippen LogP contribution in [0.25, 0.3) is 0 Å². The van der Waals surface area contributed by atoms with Gasteiger partial charge in [-0.25, -0.2) is 0 Å². The number of benzene rings is 1. The smallest absolute Gasteiger partial charge is 0.164 e. The van der Waals surface area contributed by atoms with Gasteiger partial charge < -0.3 is 0 Å². The Hall–Kier alpha value is -1.77. The summed E-state index contributed by atoms with van der Waals surface area (Å²) in [6, 6.07) is 8.81. The van der Waals surface area contributed by atoms with Gasteiger partial charge >= 0.3 is 0 Å². The Bertz CT molecular complexity index is 494. The molecule has 0 saturated heterocycles. The van der Waals surface area contributed by atoms with Crippen LogP contribution in [0.4, 0.5) is 0 Å². The van der Waals surface area contributed by atoms with Crippen LogP contribution in [0.3, 0.4) is 0 Å². The molecule has 0 atom stereocenters. The van der Waals surface area contributed by atoms with E-state index in [4.69, 9.17) is 0 Å². The van der Waals surface area contributed by atoms with E-state index < -0.39 is 5.92 Å². The Morgan fingerprint density at radius 3 is 2.16 bits per heavy atom. The second-order valence-electron chi connectivity index (χ2n) is 6.00. The highest BCUT2D eigenvalue weighted by atomic mass is 16.2. The zero-order valence-electron chi connectivity index (χ0n) is 11.3. The molecule has 0 amide bonds. The summed E-state index contributed by atoms with van der Waals surface area (Å²) in [6.07, 6.45) is 0.773. The van der Waals surface area contributed by atoms with E-state index in [1.165, 1.54) is 0 Å². The molecule has 0 spiro atoms. The van der Waals surface area contributed by atoms with Gasteiger partial charge in [0.15, 0.2) is 5.78 Å². The predicted octanol–water partition coefficient (Wildman–Crippen LogP) is 2.83. The first-order valence-electron chi connectivity index (χ1n) is 6.53. The lowest BCUT2D eigenvalue weighted by Gasteiger charge is -2.31. The number of carbonyl (C=O) groups is 3. The summed E-state index contributed by atoms with van der Waals surface area (Å²) in [6.45, 7) is 3.83. The molecule has 1 aliphatic rings. The van der Waals surface area contributed by atoms with Gasteiger partial charge in [0.2, 0.25) is 0 Å². The fourth-order valence-electron chi connectivity index (χ4n) is 2.59. The molecule has 1 aromatic rings. The third-order valence-corrected chi connectivity index (χ3v) is 3.57. The van der Waals surface area contributed by atoms with Crippen LogP contribution in [0.2, 0.25) is 0 Å². The summed E-state index contributed by atoms with van der Waals surface area (Å²) in [5.74, 6) is -1.05. The minimum absolute atomic E-state index is 0.0117. The van der Waals surface area contributed by atoms with Crippen molar-refractivity contribution in [3.63, 3.8) is 0 Å². The number of hydrogen-bond acceptors (Lipinski definition) is 3. The average Bonchev–Trinajstić information content (AvgIpc) is 2.33. The molecule has 100 valence electrons. The van der Waals surface area contributed by atoms with E-state index in [0.717, 1.165) is 0 Å². The van der Waals surface area contributed by atoms with Crippen molar-refractivity contribution in [2.45, 2.75) is 33.1 Å². The molecule has 0 radical (unpaired) electrons. The Morgan fingerprint density at radius 2 is 1.63 bits per heavy atom. The zero-order chi connectivity index (χ0) is 14.0. The summed E-state index contributed by atoms with van der Waals surface area (Å²) < 4.78 is 0. The van der Waals surface area contributed by atoms with Crippen molar-refractivity contribution in [2.75, 3.05) is 0 Å². The molecule has 0 heterocycles. The van der Waals surface area contributed by atoms with Crippen molar-refractivity contribution in [1.29, 1.82) is 0 Å². The van der Waals surface area contributed by atoms with Crippen molar-refractivity contribution < 1.29 is 14.4 Å². The summed E-state index contributed by atoms with van der Waals surface area (Å²) in [5.41, 5.74) is 0.299. The van der Waals surface area contributed by atoms with Crippen LogP contribution in [-0.2, 0) is 9.59 Å². The molecular weight excluding hydrogens is 240 g/mol. The number of carbonyl (C=O) groups excluding carboxylic acids is 3. The molecule has 0 unspecified atom stereocenters. The van der Waals surface area contributed by atoms with E-state index in [2.05, 4.69) is 0 Å². The van der Waals surface area contributed by atoms with Gasteiger partial charge in [-0.3, -0.25) is 14.4 Å². The minimum atomic E-state index is -0.735. The van der Waals surface area contributed by atoms with Crippen LogP contribution in [0.5, 0.6) is 0 Å². The van der Waals surface area contributed by atoms with Crippen LogP contribution >= 0.6 is 0 Å². The molecule has 1 saturated carbocycles. The maximum Gasteiger partial charge on any atom is 0.164 e. The SMILES string of the molecule is CC1(C)CC(=O)C(CC(=O)c2ccccc2)C(=O)C1. The monoisotopic (exact) mass is 258 g/mol. The van der Waals surface area contributed by atoms with Crippen LogP contribution in [0, 0.1) is 11.3 Å². The number of rotatable bonds is 3. The van der Waals surface area contributed by atoms with Gasteiger partial charge in [0.25, 0.3) is 0 Å². The van der Waals surface area contributed by atoms with Crippen molar-refractivity contribution in [3.05, 3.63) is 35.9 Å². The summed E-state index contributed by atoms with van der Waals surface area (Å²) in [7, 11) is 0. The molecule has 0 aliphatic heterocycles. The Balaban J connectivity index is 2.10. The molecule has 1 fully saturated rings. The van der Waals surface area contributed by atoms with Gasteiger partial charge in [0.1, 0.15) is 11.6 Å². The molecule has 3 nitrogen and oxygen atoms in total. The lowest BCUT2D eigenvalue weighted by Crippen LogP contribution is -2.38. The van der Waals surface area contributed by atoms with E-state index in [-0.39, 0.29) is 29.2 Å². The predicted molar refractivity (Wildman–Crippen MR) is 71.9 cm³/mol. The van der Waals surface area contributed by atoms with Crippen molar-refractivity contribution >= 4 is 17.3 Å². The molecular formula is C16H18O3. The summed E-state index contributed by atoms with van der Waals surface area (Å²) in [4.78, 5) is 36.1. The molecule has 3 heteroatoms. The van der Waals surface area contributed by atoms with Crippen molar-refractivity contribution in [3.8, 4) is 0 Å². The topological polar surface area (TPSA) is 51.2 Å². The Morgan fingerprint density at radius 1 is 1.11 bits per heavy atom. The third-order valence-electron chi connectivity index (χ3n) is 3.57. The Kier molecular flexibility index (Phi) is 3.65. The zero-order valence-corrected chi connectivity index (χ0v) is 11.3. The minimum Gasteiger partial charge on any atom is -0.299 e. The standard InChI is InChI=1S/C16H18O3/c1-16(2)9-14(18)12(15(19)10-16)8-13(17)11-6-4-3-5-7-11/h3-7,12H,8-10H2,1-2H3. The van der Waals surface area contributed by atoms with Crippen LogP contribution in [0.15, 0.2) is 30.3 Å². The quantitative estimate of drug-likeness (QED) is 0.618. The van der Waals surface area contributed by atoms with Crippen molar-refractivity contribution in [1.82, 2.24) is 0 Å². The lowest BCUT2D eigenvalue weighted by atomic mass is 9.70. The van der Waals surface area contributed by atoms with Gasteiger partial charge in [-0.2, -0.15) is 0 Å². The van der Waals surface area contributed by atoms with Gasteiger partial charge in [-0.1, -0.05) is 44.2 Å². The maximum atomic E-state index is 12.1. The first-order valence-corrected chi connectivity index (χ1v) is 6.53. The maximum absolute atomic E-state index is 12.1. The fourth-order valence-corrected chi connectivity index (χ4v) is 2.59. The summed E-state index contributed by atoms with van der Waals surface area (Å²) in [5, 5.41) is 0. The van der Waals surface area contributed by atoms with Gasteiger partial charge in [0.05, 0.1) is 5.92 Å². The molecule has 2 rings (SSSR count). The second kappa shape index (κ2) is 5.08. The average molecular weight is 258 g/mol.